The summed E-state index contributed by atoms with van der Waals surface area (Å²) < 4.78 is 11.4. The maximum Gasteiger partial charge on any atom is 0.135 e. The summed E-state index contributed by atoms with van der Waals surface area (Å²) >= 11 is 1.84. The van der Waals surface area contributed by atoms with Crippen LogP contribution in [0.25, 0.3) is 91.7 Å². The summed E-state index contributed by atoms with van der Waals surface area (Å²) in [5.74, 6) is 0.726. The first-order valence-electron chi connectivity index (χ1n) is 21.6. The Balaban J connectivity index is 0.985. The van der Waals surface area contributed by atoms with E-state index in [1.165, 1.54) is 64.2 Å². The fourth-order valence-corrected chi connectivity index (χ4v) is 11.7. The minimum absolute atomic E-state index is 0.115. The van der Waals surface area contributed by atoms with E-state index in [1.54, 1.807) is 0 Å². The summed E-state index contributed by atoms with van der Waals surface area (Å²) in [5, 5.41) is 12.9. The molecule has 11 aromatic rings. The van der Waals surface area contributed by atoms with Crippen LogP contribution in [0.5, 0.6) is 0 Å². The molecule has 1 aliphatic heterocycles. The lowest BCUT2D eigenvalue weighted by Crippen LogP contribution is -2.15. The fraction of sp³-hybridized carbons (Fsp3) is 0.105. The van der Waals surface area contributed by atoms with Gasteiger partial charge in [0.15, 0.2) is 0 Å². The zero-order valence-corrected chi connectivity index (χ0v) is 35.2. The third kappa shape index (κ3) is 5.28. The second-order valence-electron chi connectivity index (χ2n) is 17.4. The lowest BCUT2D eigenvalue weighted by Gasteiger charge is -2.32. The first-order valence-corrected chi connectivity index (χ1v) is 22.4. The highest BCUT2D eigenvalue weighted by Gasteiger charge is 2.36. The van der Waals surface area contributed by atoms with E-state index in [1.807, 2.05) is 23.5 Å². The molecule has 13 rings (SSSR count). The van der Waals surface area contributed by atoms with Crippen LogP contribution < -0.4 is 0 Å². The normalized spacial score (nSPS) is 16.9. The van der Waals surface area contributed by atoms with Gasteiger partial charge in [0.1, 0.15) is 11.2 Å². The molecular formula is C57H40N3OS-. The predicted molar refractivity (Wildman–Crippen MR) is 261 cm³/mol. The molecule has 62 heavy (non-hydrogen) atoms. The molecule has 0 fully saturated rings. The van der Waals surface area contributed by atoms with Crippen molar-refractivity contribution in [2.24, 2.45) is 4.99 Å². The molecule has 0 amide bonds. The number of benzene rings is 8. The van der Waals surface area contributed by atoms with Crippen LogP contribution in [0.3, 0.4) is 0 Å². The Kier molecular flexibility index (Phi) is 7.68. The highest BCUT2D eigenvalue weighted by atomic mass is 32.1. The van der Waals surface area contributed by atoms with E-state index in [2.05, 4.69) is 182 Å². The van der Waals surface area contributed by atoms with Gasteiger partial charge in [0, 0.05) is 52.8 Å². The van der Waals surface area contributed by atoms with Crippen LogP contribution in [0.4, 0.5) is 0 Å². The number of para-hydroxylation sites is 2. The van der Waals surface area contributed by atoms with Crippen LogP contribution in [0.1, 0.15) is 60.5 Å². The Labute approximate surface area is 363 Å². The van der Waals surface area contributed by atoms with E-state index in [9.17, 15) is 0 Å². The van der Waals surface area contributed by atoms with Gasteiger partial charge in [-0.05, 0) is 112 Å². The van der Waals surface area contributed by atoms with Crippen LogP contribution in [0.2, 0.25) is 0 Å². The van der Waals surface area contributed by atoms with E-state index in [0.29, 0.717) is 0 Å². The molecule has 2 aliphatic rings. The minimum atomic E-state index is -0.118. The van der Waals surface area contributed by atoms with Crippen molar-refractivity contribution in [3.8, 4) is 16.8 Å². The number of fused-ring (bicyclic) bond motifs is 12. The summed E-state index contributed by atoms with van der Waals surface area (Å²) in [7, 11) is 0. The van der Waals surface area contributed by atoms with Crippen LogP contribution in [0.15, 0.2) is 185 Å². The van der Waals surface area contributed by atoms with Crippen LogP contribution in [-0.4, -0.2) is 10.4 Å². The number of furan rings is 1. The van der Waals surface area contributed by atoms with Crippen molar-refractivity contribution in [1.82, 2.24) is 4.57 Å². The van der Waals surface area contributed by atoms with Gasteiger partial charge in [0.05, 0.1) is 11.0 Å². The summed E-state index contributed by atoms with van der Waals surface area (Å²) in [4.78, 5) is 5.59. The predicted octanol–water partition coefficient (Wildman–Crippen LogP) is 16.1. The number of allylic oxidation sites excluding steroid dienone is 1. The molecule has 296 valence electrons. The lowest BCUT2D eigenvalue weighted by atomic mass is 9.82. The number of amidine groups is 1. The van der Waals surface area contributed by atoms with Crippen LogP contribution in [-0.2, 0) is 5.41 Å². The second kappa shape index (κ2) is 13.4. The number of hydrogen-bond acceptors (Lipinski definition) is 3. The summed E-state index contributed by atoms with van der Waals surface area (Å²) in [6.45, 7) is 4.72. The fourth-order valence-electron chi connectivity index (χ4n) is 10.5. The highest BCUT2D eigenvalue weighted by molar-refractivity contribution is 7.26. The molecule has 5 heteroatoms. The number of hydrogen-bond donors (Lipinski definition) is 0. The minimum Gasteiger partial charge on any atom is -0.457 e. The zero-order valence-electron chi connectivity index (χ0n) is 34.4. The Morgan fingerprint density at radius 3 is 2.29 bits per heavy atom. The summed E-state index contributed by atoms with van der Waals surface area (Å²) in [6, 6.07) is 61.6. The Morgan fingerprint density at radius 1 is 0.597 bits per heavy atom. The number of nitrogens with zero attached hydrogens (tertiary/aromatic N) is 3. The molecule has 0 bridgehead atoms. The zero-order chi connectivity index (χ0) is 41.1. The van der Waals surface area contributed by atoms with Gasteiger partial charge in [-0.1, -0.05) is 147 Å². The van der Waals surface area contributed by atoms with Gasteiger partial charge in [-0.2, -0.15) is 0 Å². The molecule has 0 saturated heterocycles. The molecule has 1 aliphatic carbocycles. The van der Waals surface area contributed by atoms with Gasteiger partial charge >= 0.3 is 0 Å². The van der Waals surface area contributed by atoms with E-state index in [0.717, 1.165) is 68.7 Å². The van der Waals surface area contributed by atoms with Crippen molar-refractivity contribution < 1.29 is 4.42 Å². The third-order valence-corrected chi connectivity index (χ3v) is 14.7. The average Bonchev–Trinajstić information content (AvgIpc) is 4.02. The van der Waals surface area contributed by atoms with Crippen LogP contribution in [0, 0.1) is 0 Å². The van der Waals surface area contributed by atoms with Crippen molar-refractivity contribution in [2.45, 2.75) is 38.1 Å². The number of rotatable bonds is 4. The van der Waals surface area contributed by atoms with Crippen molar-refractivity contribution in [3.63, 3.8) is 0 Å². The Morgan fingerprint density at radius 2 is 1.35 bits per heavy atom. The van der Waals surface area contributed by atoms with Gasteiger partial charge in [-0.3, -0.25) is 0 Å². The van der Waals surface area contributed by atoms with Gasteiger partial charge < -0.3 is 19.3 Å². The van der Waals surface area contributed by atoms with Crippen molar-refractivity contribution in [1.29, 1.82) is 0 Å². The van der Waals surface area contributed by atoms with Gasteiger partial charge in [0.2, 0.25) is 0 Å². The second-order valence-corrected chi connectivity index (χ2v) is 18.4. The topological polar surface area (TPSA) is 44.5 Å². The first-order chi connectivity index (χ1) is 30.5. The van der Waals surface area contributed by atoms with Crippen molar-refractivity contribution in [2.75, 3.05) is 0 Å². The molecule has 1 unspecified atom stereocenters. The molecule has 0 spiro atoms. The molecule has 8 aromatic carbocycles. The molecule has 4 nitrogen and oxygen atoms in total. The van der Waals surface area contributed by atoms with Crippen molar-refractivity contribution >= 4 is 86.8 Å². The van der Waals surface area contributed by atoms with Gasteiger partial charge in [0.25, 0.3) is 0 Å². The number of thiophene rings is 1. The smallest absolute Gasteiger partial charge is 0.135 e. The summed E-state index contributed by atoms with van der Waals surface area (Å²) in [5.41, 5.74) is 14.8. The monoisotopic (exact) mass is 814 g/mol. The van der Waals surface area contributed by atoms with Gasteiger partial charge in [-0.15, -0.1) is 11.3 Å². The Bertz CT molecular complexity index is 3720. The largest absolute Gasteiger partial charge is 0.457 e. The number of aromatic nitrogens is 1. The van der Waals surface area contributed by atoms with Gasteiger partial charge in [-0.25, -0.2) is 0 Å². The Hall–Kier alpha value is -7.21. The lowest BCUT2D eigenvalue weighted by molar-refractivity contribution is 0.661. The molecule has 0 N–H and O–H groups in total. The molecular weight excluding hydrogens is 775 g/mol. The molecule has 0 radical (unpaired) electrons. The molecule has 1 atom stereocenters. The maximum absolute atomic E-state index is 6.39. The van der Waals surface area contributed by atoms with Crippen molar-refractivity contribution in [3.05, 3.63) is 209 Å². The molecule has 0 saturated carbocycles. The molecule has 3 aromatic heterocycles. The van der Waals surface area contributed by atoms with E-state index >= 15 is 0 Å². The number of aliphatic imine (C=N–C) groups is 1. The van der Waals surface area contributed by atoms with E-state index in [4.69, 9.17) is 14.7 Å². The first kappa shape index (κ1) is 35.5. The average molecular weight is 815 g/mol. The summed E-state index contributed by atoms with van der Waals surface area (Å²) in [6.07, 6.45) is 4.01. The maximum atomic E-state index is 6.39. The third-order valence-electron chi connectivity index (χ3n) is 13.5. The SMILES string of the molecule is CC1(C)c2ccccc2-c2cc3c4ccccc4n(-c4cccc(C5=N/C(c6cccc7c6sc6ccccc67)=C\CCC(c6ccc7c(c6)oc6ccccc67)[N-]5)c4)c3cc21. The quantitative estimate of drug-likeness (QED) is 0.175. The standard InChI is InChI=1S/C57H40N3OS/c1-57(2)46-22-7-3-16-37(46)44-32-45-38-17-4-8-25-50(38)60(51(45)33-47(44)57)36-15-11-14-35(30-36)56-58-48(34-28-29-40-39-18-5-9-26-52(39)61-53(40)31-34)23-13-24-49(59-56)43-21-12-20-42-41-19-6-10-27-54(41)62-55(42)43/h3-12,14-22,24-33,48H,13,23H2,1-2H3/q-1/b49-24-. The highest BCUT2D eigenvalue weighted by Crippen LogP contribution is 2.51. The van der Waals surface area contributed by atoms with E-state index < -0.39 is 0 Å². The van der Waals surface area contributed by atoms with Crippen LogP contribution >= 0.6 is 11.3 Å². The molecule has 4 heterocycles. The van der Waals surface area contributed by atoms with E-state index in [-0.39, 0.29) is 11.5 Å².